The lowest BCUT2D eigenvalue weighted by Gasteiger charge is -2.33. The Balaban J connectivity index is 1.63. The molecule has 0 atom stereocenters. The number of rotatable bonds is 5. The van der Waals surface area contributed by atoms with E-state index in [2.05, 4.69) is 5.43 Å². The molecule has 0 aromatic carbocycles. The summed E-state index contributed by atoms with van der Waals surface area (Å²) in [6, 6.07) is 0. The van der Waals surface area contributed by atoms with Crippen molar-refractivity contribution in [3.63, 3.8) is 0 Å². The maximum atomic E-state index is 12.0. The fourth-order valence-electron chi connectivity index (χ4n) is 2.99. The zero-order chi connectivity index (χ0) is 17.7. The van der Waals surface area contributed by atoms with Gasteiger partial charge >= 0.3 is 6.09 Å². The number of amides is 1. The number of hydrogen-bond acceptors (Lipinski definition) is 6. The van der Waals surface area contributed by atoms with E-state index in [9.17, 15) is 14.9 Å². The van der Waals surface area contributed by atoms with Crippen LogP contribution in [0.15, 0.2) is 11.9 Å². The molecule has 1 fully saturated rings. The molecule has 2 aliphatic heterocycles. The molecular weight excluding hydrogens is 312 g/mol. The highest BCUT2D eigenvalue weighted by atomic mass is 16.6. The van der Waals surface area contributed by atoms with Gasteiger partial charge in [0.05, 0.1) is 11.1 Å². The maximum absolute atomic E-state index is 12.0. The third-order valence-corrected chi connectivity index (χ3v) is 4.28. The van der Waals surface area contributed by atoms with Crippen LogP contribution in [0.1, 0.15) is 46.5 Å². The third kappa shape index (κ3) is 5.67. The van der Waals surface area contributed by atoms with Gasteiger partial charge in [-0.15, -0.1) is 0 Å². The van der Waals surface area contributed by atoms with Crippen molar-refractivity contribution in [3.8, 4) is 0 Å². The number of carbonyl (C=O) groups excluding carboxylic acids is 1. The van der Waals surface area contributed by atoms with Gasteiger partial charge in [-0.05, 0) is 52.4 Å². The first-order chi connectivity index (χ1) is 11.2. The maximum Gasteiger partial charge on any atom is 0.410 e. The van der Waals surface area contributed by atoms with E-state index >= 15 is 0 Å². The van der Waals surface area contributed by atoms with Crippen LogP contribution in [-0.2, 0) is 4.74 Å². The molecule has 0 radical (unpaired) electrons. The van der Waals surface area contributed by atoms with Crippen LogP contribution in [0.2, 0.25) is 0 Å². The normalized spacial score (nSPS) is 19.4. The lowest BCUT2D eigenvalue weighted by Crippen LogP contribution is -2.41. The molecule has 2 aliphatic rings. The fourth-order valence-corrected chi connectivity index (χ4v) is 2.99. The van der Waals surface area contributed by atoms with Crippen LogP contribution in [0.4, 0.5) is 4.79 Å². The lowest BCUT2D eigenvalue weighted by molar-refractivity contribution is -0.424. The molecule has 0 aromatic rings. The second kappa shape index (κ2) is 7.83. The fraction of sp³-hybridized carbons (Fsp3) is 0.812. The number of hydrazine groups is 1. The SMILES string of the molecule is CC(C)(C)OC(=O)N1CCC(CCCN2C=C([N+](=O)[O-])CN2)CC1. The van der Waals surface area contributed by atoms with Crippen molar-refractivity contribution >= 4 is 6.09 Å². The Morgan fingerprint density at radius 1 is 1.42 bits per heavy atom. The Hall–Kier alpha value is -1.83. The topological polar surface area (TPSA) is 88.0 Å². The molecule has 2 heterocycles. The summed E-state index contributed by atoms with van der Waals surface area (Å²) in [6.07, 6.45) is 5.38. The van der Waals surface area contributed by atoms with E-state index in [4.69, 9.17) is 4.74 Å². The highest BCUT2D eigenvalue weighted by molar-refractivity contribution is 5.68. The van der Waals surface area contributed by atoms with Crippen LogP contribution in [0, 0.1) is 16.0 Å². The number of hydrogen-bond donors (Lipinski definition) is 1. The predicted octanol–water partition coefficient (Wildman–Crippen LogP) is 2.35. The summed E-state index contributed by atoms with van der Waals surface area (Å²) in [4.78, 5) is 24.1. The molecule has 0 unspecified atom stereocenters. The molecule has 136 valence electrons. The largest absolute Gasteiger partial charge is 0.444 e. The molecule has 24 heavy (non-hydrogen) atoms. The Labute approximate surface area is 142 Å². The molecular formula is C16H28N4O4. The monoisotopic (exact) mass is 340 g/mol. The van der Waals surface area contributed by atoms with Crippen LogP contribution in [-0.4, -0.2) is 52.7 Å². The van der Waals surface area contributed by atoms with Crippen molar-refractivity contribution in [2.24, 2.45) is 5.92 Å². The lowest BCUT2D eigenvalue weighted by atomic mass is 9.92. The first kappa shape index (κ1) is 18.5. The summed E-state index contributed by atoms with van der Waals surface area (Å²) >= 11 is 0. The number of ether oxygens (including phenoxy) is 1. The predicted molar refractivity (Wildman–Crippen MR) is 89.6 cm³/mol. The molecule has 2 rings (SSSR count). The Morgan fingerprint density at radius 2 is 2.08 bits per heavy atom. The van der Waals surface area contributed by atoms with E-state index in [1.165, 1.54) is 0 Å². The molecule has 0 aromatic heterocycles. The Kier molecular flexibility index (Phi) is 6.04. The smallest absolute Gasteiger partial charge is 0.410 e. The molecule has 0 bridgehead atoms. The molecule has 8 nitrogen and oxygen atoms in total. The molecule has 0 spiro atoms. The van der Waals surface area contributed by atoms with Gasteiger partial charge in [0.25, 0.3) is 5.70 Å². The Morgan fingerprint density at radius 3 is 2.62 bits per heavy atom. The summed E-state index contributed by atoms with van der Waals surface area (Å²) in [7, 11) is 0. The molecule has 0 aliphatic carbocycles. The van der Waals surface area contributed by atoms with E-state index in [1.807, 2.05) is 20.8 Å². The van der Waals surface area contributed by atoms with Crippen molar-refractivity contribution in [2.45, 2.75) is 52.1 Å². The van der Waals surface area contributed by atoms with Gasteiger partial charge in [-0.1, -0.05) is 0 Å². The summed E-state index contributed by atoms with van der Waals surface area (Å²) < 4.78 is 5.40. The second-order valence-electron chi connectivity index (χ2n) is 7.46. The van der Waals surface area contributed by atoms with Gasteiger partial charge in [0.2, 0.25) is 0 Å². The number of carbonyl (C=O) groups is 1. The van der Waals surface area contributed by atoms with Crippen LogP contribution in [0.3, 0.4) is 0 Å². The Bertz CT molecular complexity index is 493. The van der Waals surface area contributed by atoms with Gasteiger partial charge < -0.3 is 14.6 Å². The molecule has 1 N–H and O–H groups in total. The zero-order valence-electron chi connectivity index (χ0n) is 14.8. The minimum atomic E-state index is -0.452. The highest BCUT2D eigenvalue weighted by Gasteiger charge is 2.27. The summed E-state index contributed by atoms with van der Waals surface area (Å²) in [5, 5.41) is 12.5. The summed E-state index contributed by atoms with van der Waals surface area (Å²) in [5.41, 5.74) is 2.76. The zero-order valence-corrected chi connectivity index (χ0v) is 14.8. The van der Waals surface area contributed by atoms with Gasteiger partial charge in [-0.2, -0.15) is 0 Å². The van der Waals surface area contributed by atoms with Gasteiger partial charge in [0.1, 0.15) is 12.1 Å². The van der Waals surface area contributed by atoms with Gasteiger partial charge in [0.15, 0.2) is 0 Å². The van der Waals surface area contributed by atoms with Gasteiger partial charge in [0, 0.05) is 19.6 Å². The van der Waals surface area contributed by atoms with Crippen LogP contribution >= 0.6 is 0 Å². The highest BCUT2D eigenvalue weighted by Crippen LogP contribution is 2.23. The van der Waals surface area contributed by atoms with E-state index in [0.717, 1.165) is 45.3 Å². The standard InChI is InChI=1S/C16H28N4O4/c1-16(2,3)24-15(21)18-9-6-13(7-10-18)5-4-8-19-12-14(11-17-19)20(22)23/h12-13,17H,4-11H2,1-3H3. The molecule has 1 amide bonds. The van der Waals surface area contributed by atoms with Crippen molar-refractivity contribution in [1.29, 1.82) is 0 Å². The molecule has 8 heteroatoms. The number of nitro groups is 1. The van der Waals surface area contributed by atoms with Crippen LogP contribution in [0.25, 0.3) is 0 Å². The number of likely N-dealkylation sites (tertiary alicyclic amines) is 1. The average Bonchev–Trinajstić information content (AvgIpc) is 2.95. The van der Waals surface area contributed by atoms with Crippen molar-refractivity contribution in [1.82, 2.24) is 15.3 Å². The van der Waals surface area contributed by atoms with Gasteiger partial charge in [-0.25, -0.2) is 10.2 Å². The quantitative estimate of drug-likeness (QED) is 0.610. The third-order valence-electron chi connectivity index (χ3n) is 4.28. The van der Waals surface area contributed by atoms with Gasteiger partial charge in [-0.3, -0.25) is 10.1 Å². The minimum Gasteiger partial charge on any atom is -0.444 e. The van der Waals surface area contributed by atoms with Crippen molar-refractivity contribution in [3.05, 3.63) is 22.0 Å². The second-order valence-corrected chi connectivity index (χ2v) is 7.46. The average molecular weight is 340 g/mol. The summed E-state index contributed by atoms with van der Waals surface area (Å²) in [5.74, 6) is 0.602. The van der Waals surface area contributed by atoms with Crippen molar-refractivity contribution < 1.29 is 14.5 Å². The van der Waals surface area contributed by atoms with E-state index in [-0.39, 0.29) is 16.7 Å². The van der Waals surface area contributed by atoms with E-state index in [1.54, 1.807) is 16.1 Å². The van der Waals surface area contributed by atoms with Crippen LogP contribution < -0.4 is 5.43 Å². The van der Waals surface area contributed by atoms with E-state index < -0.39 is 5.60 Å². The summed E-state index contributed by atoms with van der Waals surface area (Å²) in [6.45, 7) is 8.18. The van der Waals surface area contributed by atoms with E-state index in [0.29, 0.717) is 12.5 Å². The number of nitrogens with zero attached hydrogens (tertiary/aromatic N) is 3. The number of nitrogens with one attached hydrogen (secondary N) is 1. The molecule has 1 saturated heterocycles. The van der Waals surface area contributed by atoms with Crippen LogP contribution in [0.5, 0.6) is 0 Å². The minimum absolute atomic E-state index is 0.209. The van der Waals surface area contributed by atoms with Crippen molar-refractivity contribution in [2.75, 3.05) is 26.2 Å². The first-order valence-corrected chi connectivity index (χ1v) is 8.58. The number of piperidine rings is 1. The molecule has 0 saturated carbocycles. The first-order valence-electron chi connectivity index (χ1n) is 8.58.